The molecule has 2 N–H and O–H groups in total. The van der Waals surface area contributed by atoms with Crippen molar-refractivity contribution in [2.45, 2.75) is 4.90 Å². The fourth-order valence-electron chi connectivity index (χ4n) is 0.704. The van der Waals surface area contributed by atoms with Gasteiger partial charge < -0.3 is 0 Å². The summed E-state index contributed by atoms with van der Waals surface area (Å²) in [7, 11) is -3.96. The van der Waals surface area contributed by atoms with Crippen LogP contribution in [0.5, 0.6) is 0 Å². The molecule has 0 heterocycles. The molecule has 3 nitrogen and oxygen atoms in total. The van der Waals surface area contributed by atoms with E-state index in [0.29, 0.717) is 0 Å². The molecule has 0 bridgehead atoms. The van der Waals surface area contributed by atoms with Gasteiger partial charge >= 0.3 is 0 Å². The van der Waals surface area contributed by atoms with Crippen LogP contribution in [-0.2, 0) is 10.0 Å². The summed E-state index contributed by atoms with van der Waals surface area (Å²) in [6, 6.07) is 3.90. The summed E-state index contributed by atoms with van der Waals surface area (Å²) in [6.45, 7) is 0. The van der Waals surface area contributed by atoms with Gasteiger partial charge in [0.1, 0.15) is 4.90 Å². The van der Waals surface area contributed by atoms with Crippen molar-refractivity contribution in [3.8, 4) is 0 Å². The molecule has 0 fully saturated rings. The number of halogens is 2. The minimum absolute atomic E-state index is 0.0778. The summed E-state index contributed by atoms with van der Waals surface area (Å²) in [6.07, 6.45) is 0. The highest BCUT2D eigenvalue weighted by Crippen LogP contribution is 2.20. The highest BCUT2D eigenvalue weighted by atomic mass is 79.9. The Balaban J connectivity index is 3.47. The second-order valence-electron chi connectivity index (χ2n) is 2.10. The number of benzene rings is 1. The summed E-state index contributed by atoms with van der Waals surface area (Å²) < 4.78 is 34.5. The number of hydrogen-bond donors (Lipinski definition) is 1. The van der Waals surface area contributed by atoms with Gasteiger partial charge in [0.05, 0.1) is 4.47 Å². The second-order valence-corrected chi connectivity index (χ2v) is 4.48. The van der Waals surface area contributed by atoms with Crippen molar-refractivity contribution in [2.75, 3.05) is 0 Å². The van der Waals surface area contributed by atoms with Gasteiger partial charge in [-0.2, -0.15) is 0 Å². The van der Waals surface area contributed by atoms with E-state index in [1.54, 1.807) is 0 Å². The van der Waals surface area contributed by atoms with Crippen LogP contribution in [0.15, 0.2) is 27.6 Å². The molecule has 0 saturated carbocycles. The number of nitrogens with two attached hydrogens (primary N) is 1. The lowest BCUT2D eigenvalue weighted by atomic mass is 10.3. The highest BCUT2D eigenvalue weighted by molar-refractivity contribution is 9.10. The lowest BCUT2D eigenvalue weighted by molar-refractivity contribution is 0.564. The van der Waals surface area contributed by atoms with Crippen LogP contribution in [0.25, 0.3) is 0 Å². The predicted octanol–water partition coefficient (Wildman–Crippen LogP) is 1.24. The van der Waals surface area contributed by atoms with Gasteiger partial charge in [-0.1, -0.05) is 6.07 Å². The Morgan fingerprint density at radius 3 is 2.42 bits per heavy atom. The van der Waals surface area contributed by atoms with Gasteiger partial charge in [0, 0.05) is 0 Å². The van der Waals surface area contributed by atoms with Crippen LogP contribution in [0.1, 0.15) is 0 Å². The molecular weight excluding hydrogens is 249 g/mol. The van der Waals surface area contributed by atoms with Crippen molar-refractivity contribution in [3.63, 3.8) is 0 Å². The van der Waals surface area contributed by atoms with E-state index in [9.17, 15) is 12.8 Å². The van der Waals surface area contributed by atoms with Gasteiger partial charge in [0.15, 0.2) is 5.82 Å². The maximum atomic E-state index is 13.0. The lowest BCUT2D eigenvalue weighted by Crippen LogP contribution is -2.14. The average Bonchev–Trinajstić information content (AvgIpc) is 1.92. The van der Waals surface area contributed by atoms with Crippen LogP contribution in [0.3, 0.4) is 0 Å². The summed E-state index contributed by atoms with van der Waals surface area (Å²) in [4.78, 5) is -0.503. The van der Waals surface area contributed by atoms with E-state index in [4.69, 9.17) is 5.14 Å². The van der Waals surface area contributed by atoms with Crippen molar-refractivity contribution in [3.05, 3.63) is 28.5 Å². The number of rotatable bonds is 1. The van der Waals surface area contributed by atoms with Crippen LogP contribution >= 0.6 is 15.9 Å². The third-order valence-corrected chi connectivity index (χ3v) is 2.76. The molecule has 0 radical (unpaired) electrons. The molecule has 0 saturated heterocycles. The Kier molecular flexibility index (Phi) is 2.50. The first kappa shape index (κ1) is 9.63. The van der Waals surface area contributed by atoms with Crippen molar-refractivity contribution < 1.29 is 12.8 Å². The van der Waals surface area contributed by atoms with Gasteiger partial charge in [-0.15, -0.1) is 0 Å². The monoisotopic (exact) mass is 253 g/mol. The fourth-order valence-corrected chi connectivity index (χ4v) is 1.83. The molecular formula is C6H5BrFNO2S. The van der Waals surface area contributed by atoms with Crippen LogP contribution in [0.4, 0.5) is 4.39 Å². The minimum atomic E-state index is -3.96. The third kappa shape index (κ3) is 1.82. The molecule has 0 aliphatic heterocycles. The van der Waals surface area contributed by atoms with Crippen molar-refractivity contribution in [1.29, 1.82) is 0 Å². The van der Waals surface area contributed by atoms with Gasteiger partial charge in [-0.25, -0.2) is 17.9 Å². The molecule has 0 aromatic heterocycles. The van der Waals surface area contributed by atoms with Crippen LogP contribution < -0.4 is 5.14 Å². The SMILES string of the molecule is NS(=O)(=O)c1cccc(Br)c1F. The van der Waals surface area contributed by atoms with Crippen molar-refractivity contribution in [2.24, 2.45) is 5.14 Å². The van der Waals surface area contributed by atoms with E-state index < -0.39 is 20.7 Å². The first-order chi connectivity index (χ1) is 5.43. The Morgan fingerprint density at radius 2 is 2.00 bits per heavy atom. The van der Waals surface area contributed by atoms with E-state index in [1.807, 2.05) is 0 Å². The molecule has 66 valence electrons. The number of sulfonamides is 1. The summed E-state index contributed by atoms with van der Waals surface area (Å²) in [5.74, 6) is -0.861. The molecule has 0 unspecified atom stereocenters. The molecule has 0 aliphatic rings. The van der Waals surface area contributed by atoms with Crippen molar-refractivity contribution >= 4 is 26.0 Å². The first-order valence-electron chi connectivity index (χ1n) is 2.90. The van der Waals surface area contributed by atoms with E-state index in [0.717, 1.165) is 6.07 Å². The molecule has 0 atom stereocenters. The van der Waals surface area contributed by atoms with Crippen LogP contribution in [-0.4, -0.2) is 8.42 Å². The van der Waals surface area contributed by atoms with E-state index in [-0.39, 0.29) is 4.47 Å². The zero-order valence-electron chi connectivity index (χ0n) is 5.79. The quantitative estimate of drug-likeness (QED) is 0.819. The highest BCUT2D eigenvalue weighted by Gasteiger charge is 2.15. The van der Waals surface area contributed by atoms with E-state index >= 15 is 0 Å². The summed E-state index contributed by atoms with van der Waals surface area (Å²) in [5.41, 5.74) is 0. The summed E-state index contributed by atoms with van der Waals surface area (Å²) >= 11 is 2.84. The van der Waals surface area contributed by atoms with Gasteiger partial charge in [0.2, 0.25) is 10.0 Å². The Hall–Kier alpha value is -0.460. The molecule has 1 aromatic rings. The van der Waals surface area contributed by atoms with Crippen LogP contribution in [0.2, 0.25) is 0 Å². The Bertz CT molecular complexity index is 404. The number of hydrogen-bond acceptors (Lipinski definition) is 2. The topological polar surface area (TPSA) is 60.2 Å². The fraction of sp³-hybridized carbons (Fsp3) is 0. The zero-order valence-corrected chi connectivity index (χ0v) is 8.19. The van der Waals surface area contributed by atoms with Gasteiger partial charge in [0.25, 0.3) is 0 Å². The predicted molar refractivity (Wildman–Crippen MR) is 45.5 cm³/mol. The maximum Gasteiger partial charge on any atom is 0.241 e. The molecule has 1 aromatic carbocycles. The molecule has 1 rings (SSSR count). The minimum Gasteiger partial charge on any atom is -0.225 e. The lowest BCUT2D eigenvalue weighted by Gasteiger charge is -2.00. The summed E-state index contributed by atoms with van der Waals surface area (Å²) in [5, 5.41) is 4.74. The molecule has 6 heteroatoms. The largest absolute Gasteiger partial charge is 0.241 e. The van der Waals surface area contributed by atoms with E-state index in [1.165, 1.54) is 12.1 Å². The van der Waals surface area contributed by atoms with E-state index in [2.05, 4.69) is 15.9 Å². The van der Waals surface area contributed by atoms with Gasteiger partial charge in [-0.3, -0.25) is 0 Å². The molecule has 0 spiro atoms. The molecule has 12 heavy (non-hydrogen) atoms. The Labute approximate surface area is 77.6 Å². The maximum absolute atomic E-state index is 13.0. The smallest absolute Gasteiger partial charge is 0.225 e. The molecule has 0 aliphatic carbocycles. The first-order valence-corrected chi connectivity index (χ1v) is 5.23. The average molecular weight is 254 g/mol. The third-order valence-electron chi connectivity index (χ3n) is 1.22. The normalized spacial score (nSPS) is 11.6. The number of primary sulfonamides is 1. The Morgan fingerprint density at radius 1 is 1.42 bits per heavy atom. The second kappa shape index (κ2) is 3.12. The van der Waals surface area contributed by atoms with Gasteiger partial charge in [-0.05, 0) is 28.1 Å². The standard InChI is InChI=1S/C6H5BrFNO2S/c7-4-2-1-3-5(6(4)8)12(9,10)11/h1-3H,(H2,9,10,11). The van der Waals surface area contributed by atoms with Crippen molar-refractivity contribution in [1.82, 2.24) is 0 Å². The van der Waals surface area contributed by atoms with Crippen LogP contribution in [0, 0.1) is 5.82 Å². The molecule has 0 amide bonds. The zero-order chi connectivity index (χ0) is 9.35.